The van der Waals surface area contributed by atoms with Crippen molar-refractivity contribution in [3.8, 4) is 17.2 Å². The van der Waals surface area contributed by atoms with Crippen molar-refractivity contribution in [2.24, 2.45) is 0 Å². The lowest BCUT2D eigenvalue weighted by atomic mass is 10.2. The molecule has 0 radical (unpaired) electrons. The first-order valence-electron chi connectivity index (χ1n) is 10.0. The summed E-state index contributed by atoms with van der Waals surface area (Å²) in [6, 6.07) is 11.9. The summed E-state index contributed by atoms with van der Waals surface area (Å²) < 4.78 is 1.97. The van der Waals surface area contributed by atoms with Crippen LogP contribution in [0.4, 0.5) is 5.95 Å². The molecule has 2 N–H and O–H groups in total. The van der Waals surface area contributed by atoms with E-state index < -0.39 is 0 Å². The van der Waals surface area contributed by atoms with Gasteiger partial charge >= 0.3 is 0 Å². The van der Waals surface area contributed by atoms with E-state index in [1.807, 2.05) is 54.1 Å². The Bertz CT molecular complexity index is 1200. The SMILES string of the molecule is Cc1cn(-c2ccnc(NCC3(NC(=O)c4nccs4)CC3)n2)c(-c2ccccc2)n1. The molecule has 1 fully saturated rings. The predicted octanol–water partition coefficient (Wildman–Crippen LogP) is 3.47. The number of hydrogen-bond acceptors (Lipinski definition) is 7. The van der Waals surface area contributed by atoms with E-state index in [2.05, 4.69) is 30.6 Å². The van der Waals surface area contributed by atoms with Crippen molar-refractivity contribution in [3.63, 3.8) is 0 Å². The molecular weight excluding hydrogens is 410 g/mol. The minimum atomic E-state index is -0.275. The van der Waals surface area contributed by atoms with Gasteiger partial charge in [-0.2, -0.15) is 4.98 Å². The fraction of sp³-hybridized carbons (Fsp3) is 0.227. The number of nitrogens with zero attached hydrogens (tertiary/aromatic N) is 5. The number of carbonyl (C=O) groups excluding carboxylic acids is 1. The highest BCUT2D eigenvalue weighted by Crippen LogP contribution is 2.35. The zero-order valence-electron chi connectivity index (χ0n) is 16.9. The summed E-state index contributed by atoms with van der Waals surface area (Å²) in [5.41, 5.74) is 1.66. The van der Waals surface area contributed by atoms with Gasteiger partial charge in [-0.1, -0.05) is 30.3 Å². The third-order valence-corrected chi connectivity index (χ3v) is 5.96. The van der Waals surface area contributed by atoms with E-state index in [-0.39, 0.29) is 11.4 Å². The van der Waals surface area contributed by atoms with E-state index in [1.54, 1.807) is 17.8 Å². The van der Waals surface area contributed by atoms with Crippen LogP contribution in [0, 0.1) is 6.92 Å². The molecule has 3 aromatic heterocycles. The Kier molecular flexibility index (Phi) is 4.95. The third-order valence-electron chi connectivity index (χ3n) is 5.19. The molecule has 0 bridgehead atoms. The first kappa shape index (κ1) is 19.4. The van der Waals surface area contributed by atoms with Gasteiger partial charge in [0.05, 0.1) is 11.2 Å². The Morgan fingerprint density at radius 2 is 1.97 bits per heavy atom. The molecule has 1 aliphatic carbocycles. The molecule has 31 heavy (non-hydrogen) atoms. The second kappa shape index (κ2) is 7.92. The molecule has 0 aliphatic heterocycles. The van der Waals surface area contributed by atoms with Crippen LogP contribution in [0.5, 0.6) is 0 Å². The second-order valence-corrected chi connectivity index (χ2v) is 8.50. The Hall–Kier alpha value is -3.59. The Morgan fingerprint density at radius 1 is 1.13 bits per heavy atom. The number of benzene rings is 1. The van der Waals surface area contributed by atoms with Crippen molar-refractivity contribution in [2.45, 2.75) is 25.3 Å². The fourth-order valence-electron chi connectivity index (χ4n) is 3.41. The summed E-state index contributed by atoms with van der Waals surface area (Å²) in [6.07, 6.45) is 7.15. The van der Waals surface area contributed by atoms with Crippen LogP contribution >= 0.6 is 11.3 Å². The summed E-state index contributed by atoms with van der Waals surface area (Å²) >= 11 is 1.34. The zero-order chi connectivity index (χ0) is 21.3. The number of aryl methyl sites for hydroxylation is 1. The van der Waals surface area contributed by atoms with Gasteiger partial charge < -0.3 is 10.6 Å². The molecule has 3 heterocycles. The Balaban J connectivity index is 1.32. The van der Waals surface area contributed by atoms with Gasteiger partial charge in [0.15, 0.2) is 5.01 Å². The predicted molar refractivity (Wildman–Crippen MR) is 119 cm³/mol. The molecular formula is C22H21N7OS. The second-order valence-electron chi connectivity index (χ2n) is 7.61. The van der Waals surface area contributed by atoms with Gasteiger partial charge in [0.1, 0.15) is 11.6 Å². The lowest BCUT2D eigenvalue weighted by molar-refractivity contribution is 0.0933. The first-order chi connectivity index (χ1) is 15.1. The maximum Gasteiger partial charge on any atom is 0.280 e. The van der Waals surface area contributed by atoms with Gasteiger partial charge in [-0.25, -0.2) is 15.0 Å². The van der Waals surface area contributed by atoms with Crippen molar-refractivity contribution < 1.29 is 4.79 Å². The molecule has 0 spiro atoms. The summed E-state index contributed by atoms with van der Waals surface area (Å²) in [6.45, 7) is 2.52. The van der Waals surface area contributed by atoms with E-state index in [4.69, 9.17) is 0 Å². The van der Waals surface area contributed by atoms with Crippen LogP contribution in [0.1, 0.15) is 28.3 Å². The monoisotopic (exact) mass is 431 g/mol. The molecule has 1 saturated carbocycles. The van der Waals surface area contributed by atoms with Crippen molar-refractivity contribution in [1.29, 1.82) is 0 Å². The highest BCUT2D eigenvalue weighted by Gasteiger charge is 2.44. The van der Waals surface area contributed by atoms with E-state index in [9.17, 15) is 4.79 Å². The maximum absolute atomic E-state index is 12.4. The van der Waals surface area contributed by atoms with Crippen LogP contribution in [0.2, 0.25) is 0 Å². The van der Waals surface area contributed by atoms with Gasteiger partial charge in [0, 0.05) is 36.1 Å². The summed E-state index contributed by atoms with van der Waals surface area (Å²) in [7, 11) is 0. The molecule has 5 rings (SSSR count). The molecule has 4 aromatic rings. The van der Waals surface area contributed by atoms with Crippen molar-refractivity contribution >= 4 is 23.2 Å². The minimum absolute atomic E-state index is 0.134. The highest BCUT2D eigenvalue weighted by molar-refractivity contribution is 7.11. The number of rotatable bonds is 7. The highest BCUT2D eigenvalue weighted by atomic mass is 32.1. The lowest BCUT2D eigenvalue weighted by Crippen LogP contribution is -2.42. The van der Waals surface area contributed by atoms with Crippen LogP contribution in [0.15, 0.2) is 60.4 Å². The van der Waals surface area contributed by atoms with E-state index >= 15 is 0 Å². The number of anilines is 1. The molecule has 1 aromatic carbocycles. The number of nitrogens with one attached hydrogen (secondary N) is 2. The normalized spacial score (nSPS) is 14.2. The van der Waals surface area contributed by atoms with Gasteiger partial charge in [-0.15, -0.1) is 11.3 Å². The fourth-order valence-corrected chi connectivity index (χ4v) is 3.94. The van der Waals surface area contributed by atoms with Gasteiger partial charge in [0.25, 0.3) is 5.91 Å². The molecule has 0 atom stereocenters. The maximum atomic E-state index is 12.4. The van der Waals surface area contributed by atoms with Crippen LogP contribution in [-0.2, 0) is 0 Å². The average Bonchev–Trinajstić information content (AvgIpc) is 3.18. The molecule has 0 unspecified atom stereocenters. The average molecular weight is 432 g/mol. The zero-order valence-corrected chi connectivity index (χ0v) is 17.8. The number of aromatic nitrogens is 5. The molecule has 0 saturated heterocycles. The molecule has 9 heteroatoms. The number of carbonyl (C=O) groups is 1. The molecule has 8 nitrogen and oxygen atoms in total. The number of thiazole rings is 1. The number of imidazole rings is 1. The first-order valence-corrected chi connectivity index (χ1v) is 10.9. The summed E-state index contributed by atoms with van der Waals surface area (Å²) in [4.78, 5) is 30.1. The smallest absolute Gasteiger partial charge is 0.280 e. The number of hydrogen-bond donors (Lipinski definition) is 2. The Morgan fingerprint density at radius 3 is 2.71 bits per heavy atom. The van der Waals surface area contributed by atoms with Crippen LogP contribution in [-0.4, -0.2) is 42.5 Å². The van der Waals surface area contributed by atoms with E-state index in [0.717, 1.165) is 35.7 Å². The van der Waals surface area contributed by atoms with Crippen molar-refractivity contribution in [1.82, 2.24) is 29.8 Å². The van der Waals surface area contributed by atoms with E-state index in [1.165, 1.54) is 11.3 Å². The van der Waals surface area contributed by atoms with Crippen molar-refractivity contribution in [2.75, 3.05) is 11.9 Å². The quantitative estimate of drug-likeness (QED) is 0.465. The largest absolute Gasteiger partial charge is 0.352 e. The van der Waals surface area contributed by atoms with Gasteiger partial charge in [0.2, 0.25) is 5.95 Å². The summed E-state index contributed by atoms with van der Waals surface area (Å²) in [5.74, 6) is 1.94. The Labute approximate surface area is 183 Å². The van der Waals surface area contributed by atoms with Crippen LogP contribution < -0.4 is 10.6 Å². The topological polar surface area (TPSA) is 97.6 Å². The third kappa shape index (κ3) is 4.17. The van der Waals surface area contributed by atoms with Crippen molar-refractivity contribution in [3.05, 3.63) is 71.1 Å². The van der Waals surface area contributed by atoms with Gasteiger partial charge in [-0.05, 0) is 25.8 Å². The number of amides is 1. The molecule has 156 valence electrons. The van der Waals surface area contributed by atoms with Crippen LogP contribution in [0.25, 0.3) is 17.2 Å². The van der Waals surface area contributed by atoms with E-state index in [0.29, 0.717) is 17.5 Å². The summed E-state index contributed by atoms with van der Waals surface area (Å²) in [5, 5.41) is 8.66. The minimum Gasteiger partial charge on any atom is -0.352 e. The lowest BCUT2D eigenvalue weighted by Gasteiger charge is -2.17. The van der Waals surface area contributed by atoms with Gasteiger partial charge in [-0.3, -0.25) is 9.36 Å². The standard InChI is InChI=1S/C22H21N7OS/c1-15-13-29(18(26-15)16-5-3-2-4-6-16)17-7-10-24-21(27-17)25-14-22(8-9-22)28-19(30)20-23-11-12-31-20/h2-7,10-13H,8-9,14H2,1H3,(H,28,30)(H,24,25,27). The molecule has 1 aliphatic rings. The molecule has 1 amide bonds. The van der Waals surface area contributed by atoms with Crippen LogP contribution in [0.3, 0.4) is 0 Å².